The number of aromatic nitrogens is 2. The predicted octanol–water partition coefficient (Wildman–Crippen LogP) is 5.66. The third kappa shape index (κ3) is 6.00. The third-order valence-electron chi connectivity index (χ3n) is 8.06. The van der Waals surface area contributed by atoms with Crippen LogP contribution in [0.5, 0.6) is 0 Å². The first kappa shape index (κ1) is 27.0. The summed E-state index contributed by atoms with van der Waals surface area (Å²) in [4.78, 5) is 36.2. The number of fused-ring (bicyclic) bond motifs is 1. The van der Waals surface area contributed by atoms with Crippen molar-refractivity contribution in [3.8, 4) is 0 Å². The fraction of sp³-hybridized carbons (Fsp3) is 0.483. The summed E-state index contributed by atoms with van der Waals surface area (Å²) in [6, 6.07) is 14.2. The number of halogens is 2. The average Bonchev–Trinajstić information content (AvgIpc) is 3.37. The number of anilines is 1. The number of hydrogen-bond donors (Lipinski definition) is 0. The molecule has 0 N–H and O–H groups in total. The van der Waals surface area contributed by atoms with Crippen molar-refractivity contribution in [2.75, 3.05) is 44.2 Å². The van der Waals surface area contributed by atoms with Gasteiger partial charge in [-0.15, -0.1) is 0 Å². The average molecular weight is 557 g/mol. The van der Waals surface area contributed by atoms with Gasteiger partial charge in [0.1, 0.15) is 0 Å². The van der Waals surface area contributed by atoms with Crippen molar-refractivity contribution in [2.45, 2.75) is 45.1 Å². The Hall–Kier alpha value is -2.61. The van der Waals surface area contributed by atoms with Gasteiger partial charge in [-0.25, -0.2) is 4.98 Å². The number of amides is 2. The van der Waals surface area contributed by atoms with Gasteiger partial charge in [-0.1, -0.05) is 35.3 Å². The summed E-state index contributed by atoms with van der Waals surface area (Å²) in [6.07, 6.45) is 6.40. The molecule has 0 unspecified atom stereocenters. The van der Waals surface area contributed by atoms with E-state index in [1.165, 1.54) is 5.52 Å². The monoisotopic (exact) mass is 555 g/mol. The van der Waals surface area contributed by atoms with E-state index in [2.05, 4.69) is 32.7 Å². The van der Waals surface area contributed by atoms with Gasteiger partial charge in [-0.2, -0.15) is 0 Å². The lowest BCUT2D eigenvalue weighted by molar-refractivity contribution is -0.133. The highest BCUT2D eigenvalue weighted by atomic mass is 35.5. The van der Waals surface area contributed by atoms with Gasteiger partial charge in [0.25, 0.3) is 0 Å². The molecular formula is C29H35Cl2N5O2. The molecule has 38 heavy (non-hydrogen) atoms. The second-order valence-electron chi connectivity index (χ2n) is 10.4. The Labute approximate surface area is 234 Å². The van der Waals surface area contributed by atoms with Crippen LogP contribution in [0, 0.1) is 5.92 Å². The van der Waals surface area contributed by atoms with Gasteiger partial charge in [0.15, 0.2) is 0 Å². The molecule has 1 aromatic heterocycles. The fourth-order valence-electron chi connectivity index (χ4n) is 5.82. The zero-order valence-corrected chi connectivity index (χ0v) is 23.4. The maximum Gasteiger partial charge on any atom is 0.230 e. The van der Waals surface area contributed by atoms with E-state index < -0.39 is 0 Å². The Kier molecular flexibility index (Phi) is 8.56. The molecule has 0 atom stereocenters. The number of carbonyl (C=O) groups excluding carboxylic acids is 2. The van der Waals surface area contributed by atoms with Crippen LogP contribution in [-0.2, 0) is 9.59 Å². The van der Waals surface area contributed by atoms with Gasteiger partial charge in [-0.3, -0.25) is 9.59 Å². The first-order chi connectivity index (χ1) is 18.4. The lowest BCUT2D eigenvalue weighted by Crippen LogP contribution is -2.45. The van der Waals surface area contributed by atoms with Crippen LogP contribution in [0.4, 0.5) is 5.69 Å². The summed E-state index contributed by atoms with van der Waals surface area (Å²) in [5.74, 6) is 0.0836. The highest BCUT2D eigenvalue weighted by molar-refractivity contribution is 6.42. The molecular weight excluding hydrogens is 521 g/mol. The highest BCUT2D eigenvalue weighted by Gasteiger charge is 2.30. The normalized spacial score (nSPS) is 17.7. The molecule has 2 aliphatic heterocycles. The first-order valence-corrected chi connectivity index (χ1v) is 14.3. The van der Waals surface area contributed by atoms with Crippen molar-refractivity contribution in [3.63, 3.8) is 0 Å². The lowest BCUT2D eigenvalue weighted by Gasteiger charge is -2.35. The largest absolute Gasteiger partial charge is 0.343 e. The van der Waals surface area contributed by atoms with E-state index >= 15 is 0 Å². The van der Waals surface area contributed by atoms with E-state index in [0.29, 0.717) is 48.6 Å². The Morgan fingerprint density at radius 1 is 0.974 bits per heavy atom. The predicted molar refractivity (Wildman–Crippen MR) is 153 cm³/mol. The molecule has 7 nitrogen and oxygen atoms in total. The van der Waals surface area contributed by atoms with Crippen LogP contribution in [0.25, 0.3) is 11.0 Å². The molecule has 0 saturated carbocycles. The highest BCUT2D eigenvalue weighted by Crippen LogP contribution is 2.30. The van der Waals surface area contributed by atoms with E-state index in [1.807, 2.05) is 28.3 Å². The fourth-order valence-corrected chi connectivity index (χ4v) is 6.12. The molecule has 2 aliphatic rings. The van der Waals surface area contributed by atoms with Crippen molar-refractivity contribution in [1.29, 1.82) is 0 Å². The number of hydrogen-bond acceptors (Lipinski definition) is 4. The number of likely N-dealkylation sites (tertiary alicyclic amines) is 2. The summed E-state index contributed by atoms with van der Waals surface area (Å²) in [5.41, 5.74) is 3.04. The van der Waals surface area contributed by atoms with Crippen LogP contribution >= 0.6 is 23.2 Å². The van der Waals surface area contributed by atoms with Crippen molar-refractivity contribution in [2.24, 2.45) is 5.92 Å². The molecule has 3 aromatic rings. The number of imidazole rings is 1. The van der Waals surface area contributed by atoms with Crippen LogP contribution in [-0.4, -0.2) is 70.4 Å². The molecule has 5 rings (SSSR count). The van der Waals surface area contributed by atoms with Crippen LogP contribution in [0.1, 0.15) is 45.1 Å². The van der Waals surface area contributed by atoms with E-state index in [-0.39, 0.29) is 17.7 Å². The third-order valence-corrected chi connectivity index (χ3v) is 8.80. The quantitative estimate of drug-likeness (QED) is 0.377. The molecule has 9 heteroatoms. The molecule has 0 aliphatic carbocycles. The van der Waals surface area contributed by atoms with E-state index in [9.17, 15) is 9.59 Å². The SMILES string of the molecule is CC(=O)N1CCC(C(=O)N(CCCN2CCC(n3cnc4ccccc43)CC2)c2ccc(Cl)c(Cl)c2)CC1. The number of rotatable bonds is 7. The number of nitrogens with zero attached hydrogens (tertiary/aromatic N) is 5. The Morgan fingerprint density at radius 3 is 2.42 bits per heavy atom. The standard InChI is InChI=1S/C29H35Cl2N5O2/c1-21(37)34-17-9-22(10-18-34)29(38)35(24-7-8-25(30)26(31)19-24)14-4-13-33-15-11-23(12-16-33)36-20-32-27-5-2-3-6-28(27)36/h2-3,5-8,19-20,22-23H,4,9-18H2,1H3. The van der Waals surface area contributed by atoms with Crippen molar-refractivity contribution < 1.29 is 9.59 Å². The molecule has 2 saturated heterocycles. The van der Waals surface area contributed by atoms with Gasteiger partial charge in [0, 0.05) is 57.3 Å². The van der Waals surface area contributed by atoms with E-state index in [4.69, 9.17) is 23.2 Å². The van der Waals surface area contributed by atoms with Crippen molar-refractivity contribution in [3.05, 3.63) is 58.8 Å². The topological polar surface area (TPSA) is 61.7 Å². The van der Waals surface area contributed by atoms with Gasteiger partial charge in [-0.05, 0) is 69.0 Å². The second kappa shape index (κ2) is 12.1. The van der Waals surface area contributed by atoms with Crippen LogP contribution < -0.4 is 4.90 Å². The van der Waals surface area contributed by atoms with Crippen LogP contribution in [0.2, 0.25) is 10.0 Å². The maximum absolute atomic E-state index is 13.7. The molecule has 0 spiro atoms. The van der Waals surface area contributed by atoms with Crippen LogP contribution in [0.15, 0.2) is 48.8 Å². The summed E-state index contributed by atoms with van der Waals surface area (Å²) >= 11 is 12.5. The summed E-state index contributed by atoms with van der Waals surface area (Å²) in [7, 11) is 0. The molecule has 2 fully saturated rings. The minimum atomic E-state index is -0.0965. The number of carbonyl (C=O) groups is 2. The van der Waals surface area contributed by atoms with Crippen molar-refractivity contribution >= 4 is 51.7 Å². The van der Waals surface area contributed by atoms with Gasteiger partial charge in [0.05, 0.1) is 27.4 Å². The van der Waals surface area contributed by atoms with E-state index in [0.717, 1.165) is 50.1 Å². The zero-order chi connectivity index (χ0) is 26.6. The van der Waals surface area contributed by atoms with Gasteiger partial charge in [0.2, 0.25) is 11.8 Å². The van der Waals surface area contributed by atoms with Crippen molar-refractivity contribution in [1.82, 2.24) is 19.4 Å². The number of piperidine rings is 2. The minimum absolute atomic E-state index is 0.0715. The zero-order valence-electron chi connectivity index (χ0n) is 21.9. The van der Waals surface area contributed by atoms with Gasteiger partial charge < -0.3 is 19.3 Å². The summed E-state index contributed by atoms with van der Waals surface area (Å²) in [6.45, 7) is 6.46. The molecule has 3 heterocycles. The Balaban J connectivity index is 1.18. The van der Waals surface area contributed by atoms with Crippen LogP contribution in [0.3, 0.4) is 0 Å². The van der Waals surface area contributed by atoms with Gasteiger partial charge >= 0.3 is 0 Å². The Morgan fingerprint density at radius 2 is 1.71 bits per heavy atom. The summed E-state index contributed by atoms with van der Waals surface area (Å²) in [5, 5.41) is 0.925. The molecule has 0 bridgehead atoms. The number of para-hydroxylation sites is 2. The minimum Gasteiger partial charge on any atom is -0.343 e. The Bertz CT molecular complexity index is 1280. The smallest absolute Gasteiger partial charge is 0.230 e. The molecule has 2 aromatic carbocycles. The first-order valence-electron chi connectivity index (χ1n) is 13.6. The molecule has 202 valence electrons. The van der Waals surface area contributed by atoms with E-state index in [1.54, 1.807) is 19.1 Å². The number of benzene rings is 2. The second-order valence-corrected chi connectivity index (χ2v) is 11.2. The lowest BCUT2D eigenvalue weighted by atomic mass is 9.94. The molecule has 0 radical (unpaired) electrons. The summed E-state index contributed by atoms with van der Waals surface area (Å²) < 4.78 is 2.33. The maximum atomic E-state index is 13.7. The molecule has 2 amide bonds.